The molecule has 0 unspecified atom stereocenters. The smallest absolute Gasteiger partial charge is 0.231 e. The van der Waals surface area contributed by atoms with Gasteiger partial charge in [0.15, 0.2) is 21.3 Å². The molecule has 0 atom stereocenters. The van der Waals surface area contributed by atoms with E-state index in [0.717, 1.165) is 16.9 Å². The lowest BCUT2D eigenvalue weighted by Gasteiger charge is -2.19. The molecule has 0 radical (unpaired) electrons. The number of fused-ring (bicyclic) bond motifs is 1. The van der Waals surface area contributed by atoms with E-state index in [2.05, 4.69) is 25.6 Å². The molecule has 13 heteroatoms. The summed E-state index contributed by atoms with van der Waals surface area (Å²) < 4.78 is 35.7. The number of rotatable bonds is 11. The van der Waals surface area contributed by atoms with Gasteiger partial charge in [-0.2, -0.15) is 4.98 Å². The zero-order chi connectivity index (χ0) is 31.4. The van der Waals surface area contributed by atoms with Crippen LogP contribution in [-0.2, 0) is 33.9 Å². The van der Waals surface area contributed by atoms with Crippen LogP contribution in [0, 0.1) is 0 Å². The Kier molecular flexibility index (Phi) is 8.67. The summed E-state index contributed by atoms with van der Waals surface area (Å²) in [6.07, 6.45) is 2.95. The number of anilines is 5. The first-order valence-electron chi connectivity index (χ1n) is 13.6. The SMILES string of the molecule is COc1cccc(CC(=O)Nc2nc3cc(N(C)c4ccnc(Nc5ccc(CS(C)(=O)=O)cc5)n4)ccc3n2C)c1OC. The van der Waals surface area contributed by atoms with E-state index in [-0.39, 0.29) is 18.1 Å². The molecule has 12 nitrogen and oxygen atoms in total. The number of benzene rings is 3. The average Bonchev–Trinajstić information content (AvgIpc) is 3.30. The average molecular weight is 616 g/mol. The number of para-hydroxylation sites is 1. The highest BCUT2D eigenvalue weighted by Gasteiger charge is 2.17. The zero-order valence-corrected chi connectivity index (χ0v) is 25.8. The van der Waals surface area contributed by atoms with E-state index < -0.39 is 9.84 Å². The van der Waals surface area contributed by atoms with E-state index >= 15 is 0 Å². The summed E-state index contributed by atoms with van der Waals surface area (Å²) in [6.45, 7) is 0. The zero-order valence-electron chi connectivity index (χ0n) is 25.0. The lowest BCUT2D eigenvalue weighted by Crippen LogP contribution is -2.17. The van der Waals surface area contributed by atoms with Crippen molar-refractivity contribution in [1.82, 2.24) is 19.5 Å². The molecule has 0 aliphatic carbocycles. The fourth-order valence-electron chi connectivity index (χ4n) is 4.79. The monoisotopic (exact) mass is 615 g/mol. The number of nitrogens with zero attached hydrogens (tertiary/aromatic N) is 5. The molecule has 44 heavy (non-hydrogen) atoms. The molecule has 0 bridgehead atoms. The van der Waals surface area contributed by atoms with Crippen LogP contribution < -0.4 is 25.0 Å². The molecule has 0 spiro atoms. The second kappa shape index (κ2) is 12.6. The topological polar surface area (TPSA) is 141 Å². The first-order valence-corrected chi connectivity index (χ1v) is 15.7. The Balaban J connectivity index is 1.30. The van der Waals surface area contributed by atoms with Gasteiger partial charge in [0.2, 0.25) is 17.8 Å². The molecule has 1 amide bonds. The van der Waals surface area contributed by atoms with Crippen LogP contribution in [0.25, 0.3) is 11.0 Å². The largest absolute Gasteiger partial charge is 0.493 e. The Morgan fingerprint density at radius 2 is 1.77 bits per heavy atom. The molecule has 3 aromatic carbocycles. The van der Waals surface area contributed by atoms with Crippen LogP contribution >= 0.6 is 0 Å². The van der Waals surface area contributed by atoms with Gasteiger partial charge in [0.1, 0.15) is 5.82 Å². The van der Waals surface area contributed by atoms with Crippen molar-refractivity contribution >= 4 is 55.9 Å². The maximum Gasteiger partial charge on any atom is 0.231 e. The van der Waals surface area contributed by atoms with Crippen LogP contribution in [0.4, 0.5) is 29.1 Å². The minimum atomic E-state index is -3.11. The van der Waals surface area contributed by atoms with Crippen molar-refractivity contribution in [1.29, 1.82) is 0 Å². The van der Waals surface area contributed by atoms with Crippen LogP contribution in [0.5, 0.6) is 11.5 Å². The Bertz CT molecular complexity index is 1920. The second-order valence-corrected chi connectivity index (χ2v) is 12.4. The van der Waals surface area contributed by atoms with Gasteiger partial charge in [0, 0.05) is 43.5 Å². The van der Waals surface area contributed by atoms with Gasteiger partial charge < -0.3 is 24.3 Å². The van der Waals surface area contributed by atoms with Crippen molar-refractivity contribution in [3.05, 3.63) is 84.1 Å². The summed E-state index contributed by atoms with van der Waals surface area (Å²) in [5.41, 5.74) is 4.53. The third kappa shape index (κ3) is 6.89. The highest BCUT2D eigenvalue weighted by molar-refractivity contribution is 7.89. The Morgan fingerprint density at radius 3 is 2.48 bits per heavy atom. The summed E-state index contributed by atoms with van der Waals surface area (Å²) in [6, 6.07) is 20.1. The predicted octanol–water partition coefficient (Wildman–Crippen LogP) is 4.62. The quantitative estimate of drug-likeness (QED) is 0.216. The molecule has 2 aromatic heterocycles. The van der Waals surface area contributed by atoms with E-state index in [1.165, 1.54) is 6.26 Å². The maximum absolute atomic E-state index is 13.0. The molecule has 0 aliphatic heterocycles. The van der Waals surface area contributed by atoms with Crippen LogP contribution in [0.3, 0.4) is 0 Å². The number of nitrogens with one attached hydrogen (secondary N) is 2. The van der Waals surface area contributed by atoms with E-state index in [1.54, 1.807) is 56.8 Å². The highest BCUT2D eigenvalue weighted by Crippen LogP contribution is 2.32. The van der Waals surface area contributed by atoms with Crippen molar-refractivity contribution in [2.45, 2.75) is 12.2 Å². The third-order valence-electron chi connectivity index (χ3n) is 6.96. The number of amides is 1. The summed E-state index contributed by atoms with van der Waals surface area (Å²) in [5, 5.41) is 6.07. The molecule has 228 valence electrons. The summed E-state index contributed by atoms with van der Waals surface area (Å²) in [7, 11) is 3.72. The fourth-order valence-corrected chi connectivity index (χ4v) is 5.59. The molecule has 5 aromatic rings. The van der Waals surface area contributed by atoms with Crippen molar-refractivity contribution in [2.24, 2.45) is 7.05 Å². The first kappa shape index (κ1) is 30.3. The van der Waals surface area contributed by atoms with Gasteiger partial charge in [-0.1, -0.05) is 24.3 Å². The van der Waals surface area contributed by atoms with Crippen molar-refractivity contribution in [3.63, 3.8) is 0 Å². The van der Waals surface area contributed by atoms with Crippen molar-refractivity contribution < 1.29 is 22.7 Å². The van der Waals surface area contributed by atoms with Crippen LogP contribution in [0.15, 0.2) is 72.9 Å². The van der Waals surface area contributed by atoms with Crippen molar-refractivity contribution in [3.8, 4) is 11.5 Å². The van der Waals surface area contributed by atoms with Gasteiger partial charge >= 0.3 is 0 Å². The van der Waals surface area contributed by atoms with Gasteiger partial charge in [-0.25, -0.2) is 18.4 Å². The molecule has 0 saturated heterocycles. The number of aromatic nitrogens is 4. The number of hydrogen-bond donors (Lipinski definition) is 2. The number of hydrogen-bond acceptors (Lipinski definition) is 10. The maximum atomic E-state index is 13.0. The third-order valence-corrected chi connectivity index (χ3v) is 7.82. The van der Waals surface area contributed by atoms with Gasteiger partial charge in [0.05, 0.1) is 37.4 Å². The number of sulfone groups is 1. The van der Waals surface area contributed by atoms with Gasteiger partial charge in [-0.3, -0.25) is 10.1 Å². The normalized spacial score (nSPS) is 11.3. The minimum Gasteiger partial charge on any atom is -0.493 e. The number of imidazole rings is 1. The molecule has 0 fully saturated rings. The van der Waals surface area contributed by atoms with Gasteiger partial charge in [0.25, 0.3) is 0 Å². The van der Waals surface area contributed by atoms with E-state index in [0.29, 0.717) is 45.9 Å². The van der Waals surface area contributed by atoms with E-state index in [9.17, 15) is 13.2 Å². The van der Waals surface area contributed by atoms with Gasteiger partial charge in [-0.15, -0.1) is 0 Å². The van der Waals surface area contributed by atoms with Crippen LogP contribution in [0.1, 0.15) is 11.1 Å². The predicted molar refractivity (Wildman–Crippen MR) is 171 cm³/mol. The molecule has 0 saturated carbocycles. The highest BCUT2D eigenvalue weighted by atomic mass is 32.2. The standard InChI is InChI=1S/C31H33N7O5S/c1-37(27-15-16-32-30(35-27)33-22-11-9-20(10-12-22)19-44(5,40)41)23-13-14-25-24(18-23)34-31(38(25)2)36-28(39)17-21-7-6-8-26(42-3)29(21)43-4/h6-16,18H,17,19H2,1-5H3,(H,32,33,35)(H,34,36,39). The summed E-state index contributed by atoms with van der Waals surface area (Å²) >= 11 is 0. The number of carbonyl (C=O) groups is 1. The first-order chi connectivity index (χ1) is 21.0. The molecule has 5 rings (SSSR count). The van der Waals surface area contributed by atoms with Gasteiger partial charge in [-0.05, 0) is 48.0 Å². The lowest BCUT2D eigenvalue weighted by molar-refractivity contribution is -0.115. The Morgan fingerprint density at radius 1 is 1.00 bits per heavy atom. The second-order valence-electron chi connectivity index (χ2n) is 10.2. The Hall–Kier alpha value is -5.17. The van der Waals surface area contributed by atoms with E-state index in [1.807, 2.05) is 53.9 Å². The number of ether oxygens (including phenoxy) is 2. The summed E-state index contributed by atoms with van der Waals surface area (Å²) in [5.74, 6) is 2.28. The summed E-state index contributed by atoms with van der Waals surface area (Å²) in [4.78, 5) is 28.5. The number of aryl methyl sites for hydroxylation is 1. The number of carbonyl (C=O) groups excluding carboxylic acids is 1. The fraction of sp³-hybridized carbons (Fsp3) is 0.226. The number of methoxy groups -OCH3 is 2. The molecule has 0 aliphatic rings. The Labute approximate surface area is 255 Å². The lowest BCUT2D eigenvalue weighted by atomic mass is 10.1. The molecule has 2 N–H and O–H groups in total. The van der Waals surface area contributed by atoms with Crippen LogP contribution in [-0.4, -0.2) is 61.4 Å². The van der Waals surface area contributed by atoms with Crippen molar-refractivity contribution in [2.75, 3.05) is 43.1 Å². The molecule has 2 heterocycles. The molecular formula is C31H33N7O5S. The van der Waals surface area contributed by atoms with E-state index in [4.69, 9.17) is 9.47 Å². The van der Waals surface area contributed by atoms with Crippen LogP contribution in [0.2, 0.25) is 0 Å². The minimum absolute atomic E-state index is 0.0168. The molecular weight excluding hydrogens is 582 g/mol.